The average molecular weight is 642 g/mol. The molecule has 0 aliphatic heterocycles. The Kier molecular flexibility index (Phi) is 11.5. The van der Waals surface area contributed by atoms with Gasteiger partial charge in [0.2, 0.25) is 0 Å². The fourth-order valence-corrected chi connectivity index (χ4v) is 2.53. The van der Waals surface area contributed by atoms with Gasteiger partial charge in [-0.1, -0.05) is 0 Å². The van der Waals surface area contributed by atoms with Gasteiger partial charge in [-0.25, -0.2) is 0 Å². The van der Waals surface area contributed by atoms with Crippen molar-refractivity contribution in [1.82, 2.24) is 9.97 Å². The Bertz CT molecular complexity index is 679. The predicted octanol–water partition coefficient (Wildman–Crippen LogP) is 7.29. The fourth-order valence-electron chi connectivity index (χ4n) is 2.53. The first kappa shape index (κ1) is 26.2. The Morgan fingerprint density at radius 3 is 1.38 bits per heavy atom. The number of rotatable bonds is 7. The van der Waals surface area contributed by atoms with E-state index >= 15 is 0 Å². The van der Waals surface area contributed by atoms with Crippen molar-refractivity contribution in [3.8, 4) is 11.4 Å². The normalized spacial score (nSPS) is 11.9. The molecule has 2 heterocycles. The SMILES string of the molecule is FC(F)(F)CCCc1ccnc(-c2cc(CCCC(F)(F)F)ccn2)c1.[Cl][Pt][Cl]. The van der Waals surface area contributed by atoms with Crippen molar-refractivity contribution in [2.75, 3.05) is 0 Å². The summed E-state index contributed by atoms with van der Waals surface area (Å²) in [5.74, 6) is 0. The van der Waals surface area contributed by atoms with Crippen molar-refractivity contribution >= 4 is 18.8 Å². The van der Waals surface area contributed by atoms with Crippen LogP contribution < -0.4 is 0 Å². The van der Waals surface area contributed by atoms with E-state index in [1.807, 2.05) is 0 Å². The molecule has 0 aliphatic rings. The molecule has 0 unspecified atom stereocenters. The summed E-state index contributed by atoms with van der Waals surface area (Å²) < 4.78 is 73.4. The van der Waals surface area contributed by atoms with Crippen molar-refractivity contribution in [2.24, 2.45) is 0 Å². The number of pyridine rings is 2. The van der Waals surface area contributed by atoms with Gasteiger partial charge in [-0.2, -0.15) is 26.3 Å². The van der Waals surface area contributed by atoms with E-state index < -0.39 is 41.7 Å². The number of hydrogen-bond donors (Lipinski definition) is 0. The molecule has 166 valence electrons. The number of alkyl halides is 6. The summed E-state index contributed by atoms with van der Waals surface area (Å²) in [6, 6.07) is 6.62. The second-order valence-corrected chi connectivity index (χ2v) is 9.36. The molecule has 0 radical (unpaired) electrons. The Labute approximate surface area is 181 Å². The third kappa shape index (κ3) is 12.4. The van der Waals surface area contributed by atoms with Crippen LogP contribution in [-0.4, -0.2) is 22.3 Å². The van der Waals surface area contributed by atoms with Crippen LogP contribution in [0.4, 0.5) is 26.3 Å². The van der Waals surface area contributed by atoms with Gasteiger partial charge in [0.1, 0.15) is 0 Å². The quantitative estimate of drug-likeness (QED) is 0.297. The summed E-state index contributed by atoms with van der Waals surface area (Å²) in [5, 5.41) is 0. The Morgan fingerprint density at radius 2 is 1.07 bits per heavy atom. The first-order chi connectivity index (χ1) is 13.5. The zero-order valence-electron chi connectivity index (χ0n) is 14.9. The molecule has 0 N–H and O–H groups in total. The average Bonchev–Trinajstić information content (AvgIpc) is 2.61. The van der Waals surface area contributed by atoms with E-state index in [9.17, 15) is 26.3 Å². The molecule has 0 aliphatic carbocycles. The number of nitrogens with zero attached hydrogens (tertiary/aromatic N) is 2. The number of halogens is 8. The van der Waals surface area contributed by atoms with Crippen molar-refractivity contribution in [1.29, 1.82) is 0 Å². The Morgan fingerprint density at radius 1 is 0.724 bits per heavy atom. The van der Waals surface area contributed by atoms with E-state index in [1.165, 1.54) is 12.4 Å². The molecule has 0 bridgehead atoms. The van der Waals surface area contributed by atoms with E-state index in [0.29, 0.717) is 22.5 Å². The maximum absolute atomic E-state index is 12.2. The summed E-state index contributed by atoms with van der Waals surface area (Å²) in [6.45, 7) is 0. The monoisotopic (exact) mass is 641 g/mol. The van der Waals surface area contributed by atoms with Crippen molar-refractivity contribution in [3.63, 3.8) is 0 Å². The van der Waals surface area contributed by atoms with Crippen LogP contribution in [0.15, 0.2) is 36.7 Å². The molecular formula is C18H18Cl2F6N2Pt. The first-order valence-corrected chi connectivity index (χ1v) is 14.0. The summed E-state index contributed by atoms with van der Waals surface area (Å²) in [6.07, 6.45) is -6.57. The van der Waals surface area contributed by atoms with Crippen LogP contribution in [0.25, 0.3) is 11.4 Å². The molecule has 0 saturated carbocycles. The van der Waals surface area contributed by atoms with Gasteiger partial charge in [0, 0.05) is 25.2 Å². The van der Waals surface area contributed by atoms with Crippen LogP contribution in [-0.2, 0) is 29.3 Å². The second-order valence-electron chi connectivity index (χ2n) is 6.08. The van der Waals surface area contributed by atoms with E-state index in [4.69, 9.17) is 18.8 Å². The molecule has 2 rings (SSSR count). The minimum atomic E-state index is -4.18. The molecule has 29 heavy (non-hydrogen) atoms. The van der Waals surface area contributed by atoms with E-state index in [2.05, 4.69) is 9.97 Å². The van der Waals surface area contributed by atoms with Crippen molar-refractivity contribution < 1.29 is 42.8 Å². The summed E-state index contributed by atoms with van der Waals surface area (Å²) >= 11 is -0.472. The summed E-state index contributed by atoms with van der Waals surface area (Å²) in [5.41, 5.74) is 2.41. The molecule has 0 spiro atoms. The molecular weight excluding hydrogens is 624 g/mol. The molecule has 0 amide bonds. The van der Waals surface area contributed by atoms with Gasteiger partial charge in [0.15, 0.2) is 0 Å². The van der Waals surface area contributed by atoms with Crippen LogP contribution >= 0.6 is 18.8 Å². The molecule has 0 saturated heterocycles. The van der Waals surface area contributed by atoms with Crippen LogP contribution in [0, 0.1) is 0 Å². The number of hydrogen-bond acceptors (Lipinski definition) is 2. The van der Waals surface area contributed by atoms with Crippen LogP contribution in [0.1, 0.15) is 36.8 Å². The van der Waals surface area contributed by atoms with Gasteiger partial charge in [0.25, 0.3) is 0 Å². The fraction of sp³-hybridized carbons (Fsp3) is 0.444. The van der Waals surface area contributed by atoms with Crippen LogP contribution in [0.3, 0.4) is 0 Å². The zero-order valence-corrected chi connectivity index (χ0v) is 18.7. The van der Waals surface area contributed by atoms with Gasteiger partial charge < -0.3 is 0 Å². The van der Waals surface area contributed by atoms with E-state index in [1.54, 1.807) is 24.3 Å². The number of aromatic nitrogens is 2. The zero-order chi connectivity index (χ0) is 21.9. The Hall–Kier alpha value is -0.852. The number of aryl methyl sites for hydroxylation is 2. The maximum atomic E-state index is 12.2. The standard InChI is InChI=1S/C18H18F6N2.2ClH.Pt/c19-17(20,21)7-1-3-13-5-9-25-15(11-13)16-12-14(6-10-26-16)4-2-8-18(22,23)24;;;/h5-6,9-12H,1-4,7-8H2;2*1H;/q;;;+2/p-2. The van der Waals surface area contributed by atoms with Crippen LogP contribution in [0.2, 0.25) is 0 Å². The molecule has 0 fully saturated rings. The van der Waals surface area contributed by atoms with Crippen molar-refractivity contribution in [3.05, 3.63) is 47.8 Å². The van der Waals surface area contributed by atoms with Gasteiger partial charge in [-0.3, -0.25) is 9.97 Å². The molecule has 2 aromatic heterocycles. The van der Waals surface area contributed by atoms with Gasteiger partial charge in [-0.05, 0) is 61.1 Å². The molecule has 2 nitrogen and oxygen atoms in total. The predicted molar refractivity (Wildman–Crippen MR) is 97.2 cm³/mol. The van der Waals surface area contributed by atoms with Crippen LogP contribution in [0.5, 0.6) is 0 Å². The molecule has 2 aromatic rings. The third-order valence-corrected chi connectivity index (χ3v) is 3.76. The first-order valence-electron chi connectivity index (χ1n) is 8.40. The topological polar surface area (TPSA) is 25.8 Å². The van der Waals surface area contributed by atoms with E-state index in [0.717, 1.165) is 0 Å². The minimum absolute atomic E-state index is 0.0160. The summed E-state index contributed by atoms with van der Waals surface area (Å²) in [7, 11) is 9.75. The van der Waals surface area contributed by atoms with Gasteiger partial charge in [0.05, 0.1) is 11.4 Å². The Balaban J connectivity index is 0.00000132. The van der Waals surface area contributed by atoms with Gasteiger partial charge in [-0.15, -0.1) is 0 Å². The van der Waals surface area contributed by atoms with Gasteiger partial charge >= 0.3 is 47.7 Å². The molecule has 0 aromatic carbocycles. The molecule has 0 atom stereocenters. The molecule has 11 heteroatoms. The third-order valence-electron chi connectivity index (χ3n) is 3.76. The summed E-state index contributed by atoms with van der Waals surface area (Å²) in [4.78, 5) is 8.32. The second kappa shape index (κ2) is 12.8. The van der Waals surface area contributed by atoms with Crippen molar-refractivity contribution in [2.45, 2.75) is 50.9 Å². The van der Waals surface area contributed by atoms with E-state index in [-0.39, 0.29) is 25.7 Å².